The maximum Gasteiger partial charge on any atom is 0.303 e. The fourth-order valence-corrected chi connectivity index (χ4v) is 3.10. The maximum absolute atomic E-state index is 10.7. The highest BCUT2D eigenvalue weighted by atomic mass is 35.5. The van der Waals surface area contributed by atoms with Crippen molar-refractivity contribution in [2.75, 3.05) is 6.61 Å². The minimum absolute atomic E-state index is 0.100. The van der Waals surface area contributed by atoms with Gasteiger partial charge in [0.25, 0.3) is 0 Å². The lowest BCUT2D eigenvalue weighted by Crippen LogP contribution is -2.16. The largest absolute Gasteiger partial charge is 0.493 e. The summed E-state index contributed by atoms with van der Waals surface area (Å²) in [5, 5.41) is 9.39. The lowest BCUT2D eigenvalue weighted by Gasteiger charge is -2.18. The summed E-state index contributed by atoms with van der Waals surface area (Å²) in [6.45, 7) is 2.43. The summed E-state index contributed by atoms with van der Waals surface area (Å²) in [6, 6.07) is 22.3. The van der Waals surface area contributed by atoms with Crippen LogP contribution in [0.1, 0.15) is 25.3 Å². The van der Waals surface area contributed by atoms with Crippen LogP contribution in [-0.2, 0) is 11.2 Å². The molecule has 3 rings (SSSR count). The molecule has 1 atom stereocenters. The quantitative estimate of drug-likeness (QED) is 0.374. The topological polar surface area (TPSA) is 65.0 Å². The molecule has 0 bridgehead atoms. The minimum Gasteiger partial charge on any atom is -0.493 e. The fourth-order valence-electron chi connectivity index (χ4n) is 2.93. The second-order valence-electron chi connectivity index (χ2n) is 7.11. The van der Waals surface area contributed by atoms with Gasteiger partial charge in [0.1, 0.15) is 11.5 Å². The van der Waals surface area contributed by atoms with Gasteiger partial charge in [0, 0.05) is 23.9 Å². The summed E-state index contributed by atoms with van der Waals surface area (Å²) in [5.74, 6) is 1.77. The van der Waals surface area contributed by atoms with Gasteiger partial charge in [-0.1, -0.05) is 41.9 Å². The first-order valence-electron chi connectivity index (χ1n) is 10.1. The van der Waals surface area contributed by atoms with Crippen LogP contribution in [0.25, 0.3) is 0 Å². The van der Waals surface area contributed by atoms with Crippen molar-refractivity contribution in [3.8, 4) is 23.0 Å². The monoisotopic (exact) mass is 440 g/mol. The van der Waals surface area contributed by atoms with E-state index in [1.165, 1.54) is 0 Å². The van der Waals surface area contributed by atoms with Gasteiger partial charge in [-0.25, -0.2) is 0 Å². The molecule has 0 aliphatic rings. The summed E-state index contributed by atoms with van der Waals surface area (Å²) in [6.07, 6.45) is 1.12. The predicted molar refractivity (Wildman–Crippen MR) is 121 cm³/mol. The normalized spacial score (nSPS) is 11.5. The Labute approximate surface area is 187 Å². The minimum atomic E-state index is -0.810. The number of halogens is 1. The molecule has 5 nitrogen and oxygen atoms in total. The zero-order chi connectivity index (χ0) is 22.1. The van der Waals surface area contributed by atoms with Crippen molar-refractivity contribution in [2.45, 2.75) is 32.3 Å². The van der Waals surface area contributed by atoms with Crippen LogP contribution in [-0.4, -0.2) is 23.8 Å². The molecule has 0 fully saturated rings. The van der Waals surface area contributed by atoms with Gasteiger partial charge >= 0.3 is 5.97 Å². The van der Waals surface area contributed by atoms with Gasteiger partial charge in [-0.05, 0) is 55.3 Å². The van der Waals surface area contributed by atoms with Gasteiger partial charge < -0.3 is 19.3 Å². The zero-order valence-corrected chi connectivity index (χ0v) is 18.0. The summed E-state index contributed by atoms with van der Waals surface area (Å²) in [7, 11) is 0. The van der Waals surface area contributed by atoms with Crippen LogP contribution in [0.15, 0.2) is 72.8 Å². The van der Waals surface area contributed by atoms with E-state index >= 15 is 0 Å². The van der Waals surface area contributed by atoms with Crippen LogP contribution in [0, 0.1) is 0 Å². The molecule has 0 spiro atoms. The number of ether oxygens (including phenoxy) is 3. The third-order valence-corrected chi connectivity index (χ3v) is 4.76. The number of hydrogen-bond donors (Lipinski definition) is 1. The van der Waals surface area contributed by atoms with Crippen molar-refractivity contribution in [1.29, 1.82) is 0 Å². The molecular weight excluding hydrogens is 416 g/mol. The lowest BCUT2D eigenvalue weighted by molar-refractivity contribution is -0.136. The molecule has 0 unspecified atom stereocenters. The van der Waals surface area contributed by atoms with E-state index in [0.717, 1.165) is 11.3 Å². The Hall–Kier alpha value is -3.18. The Morgan fingerprint density at radius 3 is 2.52 bits per heavy atom. The van der Waals surface area contributed by atoms with Crippen molar-refractivity contribution < 1.29 is 24.1 Å². The molecule has 0 heterocycles. The highest BCUT2D eigenvalue weighted by Gasteiger charge is 2.12. The number of rotatable bonds is 11. The van der Waals surface area contributed by atoms with E-state index in [1.54, 1.807) is 18.2 Å². The zero-order valence-electron chi connectivity index (χ0n) is 17.3. The molecule has 0 radical (unpaired) electrons. The van der Waals surface area contributed by atoms with Crippen molar-refractivity contribution >= 4 is 17.6 Å². The van der Waals surface area contributed by atoms with E-state index in [-0.39, 0.29) is 12.5 Å². The Morgan fingerprint density at radius 2 is 1.74 bits per heavy atom. The van der Waals surface area contributed by atoms with Gasteiger partial charge in [0.15, 0.2) is 11.5 Å². The molecule has 0 amide bonds. The first-order valence-corrected chi connectivity index (χ1v) is 10.5. The second kappa shape index (κ2) is 11.3. The van der Waals surface area contributed by atoms with E-state index in [9.17, 15) is 4.79 Å². The number of carbonyl (C=O) groups is 1. The number of hydrogen-bond acceptors (Lipinski definition) is 4. The number of carboxylic acids is 1. The van der Waals surface area contributed by atoms with Crippen LogP contribution in [0.2, 0.25) is 5.02 Å². The summed E-state index contributed by atoms with van der Waals surface area (Å²) in [4.78, 5) is 10.7. The molecule has 31 heavy (non-hydrogen) atoms. The summed E-state index contributed by atoms with van der Waals surface area (Å²) < 4.78 is 17.8. The van der Waals surface area contributed by atoms with Gasteiger partial charge in [0.05, 0.1) is 12.7 Å². The highest BCUT2D eigenvalue weighted by molar-refractivity contribution is 6.30. The predicted octanol–water partition coefficient (Wildman–Crippen LogP) is 6.39. The Kier molecular flexibility index (Phi) is 8.19. The molecular formula is C25H25ClO5. The van der Waals surface area contributed by atoms with E-state index in [4.69, 9.17) is 30.9 Å². The highest BCUT2D eigenvalue weighted by Crippen LogP contribution is 2.35. The van der Waals surface area contributed by atoms with Gasteiger partial charge in [0.2, 0.25) is 0 Å². The van der Waals surface area contributed by atoms with E-state index < -0.39 is 5.97 Å². The molecule has 0 saturated carbocycles. The first kappa shape index (κ1) is 22.5. The van der Waals surface area contributed by atoms with Crippen molar-refractivity contribution in [2.24, 2.45) is 0 Å². The molecule has 0 saturated heterocycles. The number of benzene rings is 3. The van der Waals surface area contributed by atoms with Crippen molar-refractivity contribution in [1.82, 2.24) is 0 Å². The van der Waals surface area contributed by atoms with Crippen LogP contribution in [0.4, 0.5) is 0 Å². The molecule has 0 aliphatic heterocycles. The number of para-hydroxylation sites is 1. The average molecular weight is 441 g/mol. The van der Waals surface area contributed by atoms with E-state index in [0.29, 0.717) is 41.7 Å². The fraction of sp³-hybridized carbons (Fsp3) is 0.240. The number of aliphatic carboxylic acids is 1. The van der Waals surface area contributed by atoms with Gasteiger partial charge in [-0.3, -0.25) is 4.79 Å². The molecule has 6 heteroatoms. The lowest BCUT2D eigenvalue weighted by atomic mass is 10.1. The Balaban J connectivity index is 1.54. The second-order valence-corrected chi connectivity index (χ2v) is 7.55. The number of carboxylic acid groups (broad SMARTS) is 1. The first-order chi connectivity index (χ1) is 15.0. The van der Waals surface area contributed by atoms with Crippen LogP contribution < -0.4 is 14.2 Å². The standard InChI is InChI=1S/C25H25ClO5/c1-18(14-15-29-22-9-5-6-19(16-22)10-13-25(27)28)30-23-12-11-20(26)17-24(23)31-21-7-3-2-4-8-21/h2-9,11-12,16-18H,10,13-15H2,1H3,(H,27,28)/t18-/m1/s1. The average Bonchev–Trinajstić information content (AvgIpc) is 2.75. The van der Waals surface area contributed by atoms with Crippen LogP contribution in [0.3, 0.4) is 0 Å². The van der Waals surface area contributed by atoms with Crippen LogP contribution in [0.5, 0.6) is 23.0 Å². The van der Waals surface area contributed by atoms with Gasteiger partial charge in [-0.15, -0.1) is 0 Å². The van der Waals surface area contributed by atoms with Gasteiger partial charge in [-0.2, -0.15) is 0 Å². The maximum atomic E-state index is 10.7. The van der Waals surface area contributed by atoms with E-state index in [1.807, 2.05) is 61.5 Å². The smallest absolute Gasteiger partial charge is 0.303 e. The Morgan fingerprint density at radius 1 is 0.968 bits per heavy atom. The van der Waals surface area contributed by atoms with E-state index in [2.05, 4.69) is 0 Å². The van der Waals surface area contributed by atoms with Crippen molar-refractivity contribution in [3.05, 3.63) is 83.4 Å². The molecule has 1 N–H and O–H groups in total. The summed E-state index contributed by atoms with van der Waals surface area (Å²) in [5.41, 5.74) is 0.938. The third-order valence-electron chi connectivity index (χ3n) is 4.52. The molecule has 3 aromatic carbocycles. The molecule has 162 valence electrons. The van der Waals surface area contributed by atoms with Crippen LogP contribution >= 0.6 is 11.6 Å². The SMILES string of the molecule is C[C@H](CCOc1cccc(CCC(=O)O)c1)Oc1ccc(Cl)cc1Oc1ccccc1. The molecule has 3 aromatic rings. The molecule has 0 aromatic heterocycles. The summed E-state index contributed by atoms with van der Waals surface area (Å²) >= 11 is 6.14. The molecule has 0 aliphatic carbocycles. The third kappa shape index (κ3) is 7.54. The number of aryl methyl sites for hydroxylation is 1. The Bertz CT molecular complexity index is 990. The van der Waals surface area contributed by atoms with Crippen molar-refractivity contribution in [3.63, 3.8) is 0 Å².